The lowest BCUT2D eigenvalue weighted by molar-refractivity contribution is 0.386. The summed E-state index contributed by atoms with van der Waals surface area (Å²) in [6.45, 7) is 0.518. The summed E-state index contributed by atoms with van der Waals surface area (Å²) in [6, 6.07) is 13.1. The highest BCUT2D eigenvalue weighted by molar-refractivity contribution is 9.10. The first-order chi connectivity index (χ1) is 9.63. The van der Waals surface area contributed by atoms with Crippen molar-refractivity contribution in [2.75, 3.05) is 13.7 Å². The number of hydrogen-bond donors (Lipinski definition) is 1. The number of nitrogens with two attached hydrogens (primary N) is 1. The predicted octanol–water partition coefficient (Wildman–Crippen LogP) is 3.88. The van der Waals surface area contributed by atoms with Gasteiger partial charge in [-0.1, -0.05) is 34.1 Å². The van der Waals surface area contributed by atoms with Crippen LogP contribution in [0.3, 0.4) is 0 Å². The standard InChI is InChI=1S/C16H17BrFNO/c1-20-16-6-5-11(8-15(16)18)7-13(10-19)12-3-2-4-14(17)9-12/h2-6,8-9,13H,7,10,19H2,1H3. The molecule has 0 aliphatic carbocycles. The van der Waals surface area contributed by atoms with E-state index in [0.29, 0.717) is 13.0 Å². The van der Waals surface area contributed by atoms with E-state index >= 15 is 0 Å². The van der Waals surface area contributed by atoms with Crippen molar-refractivity contribution in [1.29, 1.82) is 0 Å². The SMILES string of the molecule is COc1ccc(CC(CN)c2cccc(Br)c2)cc1F. The zero-order valence-electron chi connectivity index (χ0n) is 11.3. The van der Waals surface area contributed by atoms with E-state index in [1.165, 1.54) is 13.2 Å². The third-order valence-corrected chi connectivity index (χ3v) is 3.80. The summed E-state index contributed by atoms with van der Waals surface area (Å²) >= 11 is 3.46. The van der Waals surface area contributed by atoms with Crippen molar-refractivity contribution in [2.45, 2.75) is 12.3 Å². The van der Waals surface area contributed by atoms with E-state index in [1.54, 1.807) is 6.07 Å². The van der Waals surface area contributed by atoms with Crippen LogP contribution in [0.1, 0.15) is 17.0 Å². The summed E-state index contributed by atoms with van der Waals surface area (Å²) in [6.07, 6.45) is 0.702. The second-order valence-electron chi connectivity index (χ2n) is 4.66. The number of halogens is 2. The van der Waals surface area contributed by atoms with Gasteiger partial charge in [0.25, 0.3) is 0 Å². The molecule has 0 amide bonds. The van der Waals surface area contributed by atoms with Gasteiger partial charge in [-0.2, -0.15) is 0 Å². The smallest absolute Gasteiger partial charge is 0.165 e. The maximum atomic E-state index is 13.7. The molecule has 0 saturated heterocycles. The van der Waals surface area contributed by atoms with Crippen LogP contribution in [0.4, 0.5) is 4.39 Å². The molecule has 2 nitrogen and oxygen atoms in total. The molecule has 2 N–H and O–H groups in total. The van der Waals surface area contributed by atoms with Crippen LogP contribution in [0.15, 0.2) is 46.9 Å². The van der Waals surface area contributed by atoms with Crippen LogP contribution in [0, 0.1) is 5.82 Å². The van der Waals surface area contributed by atoms with Gasteiger partial charge >= 0.3 is 0 Å². The van der Waals surface area contributed by atoms with Crippen molar-refractivity contribution in [1.82, 2.24) is 0 Å². The molecule has 106 valence electrons. The zero-order chi connectivity index (χ0) is 14.5. The summed E-state index contributed by atoms with van der Waals surface area (Å²) in [5.41, 5.74) is 7.93. The van der Waals surface area contributed by atoms with Gasteiger partial charge in [0.05, 0.1) is 7.11 Å². The molecule has 0 spiro atoms. The van der Waals surface area contributed by atoms with Crippen molar-refractivity contribution >= 4 is 15.9 Å². The average Bonchev–Trinajstić information content (AvgIpc) is 2.45. The highest BCUT2D eigenvalue weighted by Crippen LogP contribution is 2.25. The minimum Gasteiger partial charge on any atom is -0.494 e. The van der Waals surface area contributed by atoms with E-state index in [0.717, 1.165) is 15.6 Å². The molecule has 0 fully saturated rings. The maximum absolute atomic E-state index is 13.7. The molecule has 0 aliphatic heterocycles. The van der Waals surface area contributed by atoms with Crippen LogP contribution in [-0.4, -0.2) is 13.7 Å². The van der Waals surface area contributed by atoms with Crippen molar-refractivity contribution in [2.24, 2.45) is 5.73 Å². The Morgan fingerprint density at radius 3 is 2.65 bits per heavy atom. The second-order valence-corrected chi connectivity index (χ2v) is 5.58. The lowest BCUT2D eigenvalue weighted by Crippen LogP contribution is -2.15. The average molecular weight is 338 g/mol. The van der Waals surface area contributed by atoms with E-state index in [4.69, 9.17) is 10.5 Å². The second kappa shape index (κ2) is 6.86. The van der Waals surface area contributed by atoms with Crippen LogP contribution < -0.4 is 10.5 Å². The van der Waals surface area contributed by atoms with E-state index in [1.807, 2.05) is 24.3 Å². The molecule has 4 heteroatoms. The highest BCUT2D eigenvalue weighted by atomic mass is 79.9. The van der Waals surface area contributed by atoms with Crippen LogP contribution in [0.25, 0.3) is 0 Å². The first kappa shape index (κ1) is 15.0. The number of hydrogen-bond acceptors (Lipinski definition) is 2. The Labute approximate surface area is 126 Å². The van der Waals surface area contributed by atoms with E-state index in [9.17, 15) is 4.39 Å². The van der Waals surface area contributed by atoms with Gasteiger partial charge in [0, 0.05) is 10.4 Å². The van der Waals surface area contributed by atoms with Gasteiger partial charge in [0.15, 0.2) is 11.6 Å². The number of ether oxygens (including phenoxy) is 1. The molecule has 1 unspecified atom stereocenters. The van der Waals surface area contributed by atoms with Gasteiger partial charge < -0.3 is 10.5 Å². The summed E-state index contributed by atoms with van der Waals surface area (Å²) in [5.74, 6) is 0.0933. The van der Waals surface area contributed by atoms with Crippen molar-refractivity contribution in [3.05, 3.63) is 63.9 Å². The molecule has 2 aromatic carbocycles. The maximum Gasteiger partial charge on any atom is 0.165 e. The topological polar surface area (TPSA) is 35.2 Å². The number of benzene rings is 2. The minimum absolute atomic E-state index is 0.167. The Kier molecular flexibility index (Phi) is 5.15. The molecule has 1 atom stereocenters. The fourth-order valence-electron chi connectivity index (χ4n) is 2.22. The van der Waals surface area contributed by atoms with Crippen molar-refractivity contribution in [3.8, 4) is 5.75 Å². The molecule has 2 rings (SSSR count). The third-order valence-electron chi connectivity index (χ3n) is 3.30. The van der Waals surface area contributed by atoms with E-state index < -0.39 is 0 Å². The Morgan fingerprint density at radius 2 is 2.05 bits per heavy atom. The Hall–Kier alpha value is -1.39. The van der Waals surface area contributed by atoms with Crippen LogP contribution >= 0.6 is 15.9 Å². The van der Waals surface area contributed by atoms with Gasteiger partial charge in [0.2, 0.25) is 0 Å². The van der Waals surface area contributed by atoms with Crippen molar-refractivity contribution in [3.63, 3.8) is 0 Å². The lowest BCUT2D eigenvalue weighted by atomic mass is 9.92. The summed E-state index contributed by atoms with van der Waals surface area (Å²) in [4.78, 5) is 0. The van der Waals surface area contributed by atoms with Crippen LogP contribution in [0.5, 0.6) is 5.75 Å². The van der Waals surface area contributed by atoms with Gasteiger partial charge in [-0.3, -0.25) is 0 Å². The molecular weight excluding hydrogens is 321 g/mol. The summed E-state index contributed by atoms with van der Waals surface area (Å²) in [7, 11) is 1.46. The van der Waals surface area contributed by atoms with Gasteiger partial charge in [-0.15, -0.1) is 0 Å². The van der Waals surface area contributed by atoms with Crippen LogP contribution in [0.2, 0.25) is 0 Å². The molecule has 0 bridgehead atoms. The number of rotatable bonds is 5. The van der Waals surface area contributed by atoms with Crippen molar-refractivity contribution < 1.29 is 9.13 Å². The molecule has 2 aromatic rings. The number of methoxy groups -OCH3 is 1. The lowest BCUT2D eigenvalue weighted by Gasteiger charge is -2.16. The fraction of sp³-hybridized carbons (Fsp3) is 0.250. The minimum atomic E-state index is -0.338. The zero-order valence-corrected chi connectivity index (χ0v) is 12.9. The first-order valence-electron chi connectivity index (χ1n) is 6.42. The van der Waals surface area contributed by atoms with Gasteiger partial charge in [-0.25, -0.2) is 4.39 Å². The molecule has 0 saturated carbocycles. The van der Waals surface area contributed by atoms with Gasteiger partial charge in [0.1, 0.15) is 0 Å². The third kappa shape index (κ3) is 3.58. The monoisotopic (exact) mass is 337 g/mol. The normalized spacial score (nSPS) is 12.2. The Balaban J connectivity index is 2.20. The van der Waals surface area contributed by atoms with E-state index in [2.05, 4.69) is 22.0 Å². The molecule has 0 heterocycles. The molecular formula is C16H17BrFNO. The Bertz CT molecular complexity index is 588. The molecule has 0 aliphatic rings. The van der Waals surface area contributed by atoms with Crippen LogP contribution in [-0.2, 0) is 6.42 Å². The first-order valence-corrected chi connectivity index (χ1v) is 7.21. The summed E-state index contributed by atoms with van der Waals surface area (Å²) in [5, 5.41) is 0. The predicted molar refractivity (Wildman–Crippen MR) is 82.6 cm³/mol. The van der Waals surface area contributed by atoms with Gasteiger partial charge in [-0.05, 0) is 48.4 Å². The molecule has 0 aromatic heterocycles. The fourth-order valence-corrected chi connectivity index (χ4v) is 2.64. The highest BCUT2D eigenvalue weighted by Gasteiger charge is 2.12. The molecule has 20 heavy (non-hydrogen) atoms. The Morgan fingerprint density at radius 1 is 1.25 bits per heavy atom. The quantitative estimate of drug-likeness (QED) is 0.898. The largest absolute Gasteiger partial charge is 0.494 e. The molecule has 0 radical (unpaired) electrons. The summed E-state index contributed by atoms with van der Waals surface area (Å²) < 4.78 is 19.7. The van der Waals surface area contributed by atoms with E-state index in [-0.39, 0.29) is 17.5 Å².